The first-order valence-electron chi connectivity index (χ1n) is 7.23. The van der Waals surface area contributed by atoms with Crippen molar-refractivity contribution in [3.8, 4) is 11.5 Å². The van der Waals surface area contributed by atoms with E-state index in [1.54, 1.807) is 14.2 Å². The van der Waals surface area contributed by atoms with Crippen molar-refractivity contribution in [3.05, 3.63) is 48.5 Å². The van der Waals surface area contributed by atoms with Crippen molar-refractivity contribution >= 4 is 71.6 Å². The van der Waals surface area contributed by atoms with E-state index < -0.39 is 12.1 Å². The van der Waals surface area contributed by atoms with Crippen LogP contribution in [0.1, 0.15) is 0 Å². The minimum Gasteiger partial charge on any atom is -0.497 e. The van der Waals surface area contributed by atoms with Crippen LogP contribution in [0.3, 0.4) is 0 Å². The summed E-state index contributed by atoms with van der Waals surface area (Å²) in [4.78, 5) is 0. The van der Waals surface area contributed by atoms with Crippen molar-refractivity contribution in [3.63, 3.8) is 0 Å². The maximum Gasteiger partial charge on any atom is 0.118 e. The molecule has 0 bridgehead atoms. The molecule has 0 aliphatic carbocycles. The summed E-state index contributed by atoms with van der Waals surface area (Å²) < 4.78 is 10.5. The van der Waals surface area contributed by atoms with Gasteiger partial charge in [0.15, 0.2) is 0 Å². The van der Waals surface area contributed by atoms with Crippen LogP contribution in [0.4, 0.5) is 0 Å². The molecule has 1 fully saturated rings. The molecule has 1 aliphatic rings. The zero-order valence-electron chi connectivity index (χ0n) is 13.2. The van der Waals surface area contributed by atoms with Crippen LogP contribution >= 0.6 is 37.3 Å². The standard InChI is InChI=1S/C16H18O2P2S4/c1-17-11-3-7-13(8-4-11)19(23)15(21)20(24,16(19)22)14-9-5-12(18-2)6-10-14/h3-10,15-16,21-22H,1-2H3. The summed E-state index contributed by atoms with van der Waals surface area (Å²) in [5, 5.41) is 2.26. The first-order valence-corrected chi connectivity index (χ1v) is 14.1. The average Bonchev–Trinajstić information content (AvgIpc) is 2.65. The quantitative estimate of drug-likeness (QED) is 0.561. The van der Waals surface area contributed by atoms with Crippen molar-refractivity contribution in [2.24, 2.45) is 0 Å². The molecule has 0 amide bonds. The van der Waals surface area contributed by atoms with Gasteiger partial charge in [-0.1, -0.05) is 23.6 Å². The van der Waals surface area contributed by atoms with Crippen LogP contribution in [0.5, 0.6) is 11.5 Å². The molecule has 0 saturated carbocycles. The molecular weight excluding hydrogens is 414 g/mol. The predicted octanol–water partition coefficient (Wildman–Crippen LogP) is 4.05. The summed E-state index contributed by atoms with van der Waals surface area (Å²) >= 11 is 22.0. The van der Waals surface area contributed by atoms with Crippen LogP contribution in [0.15, 0.2) is 48.5 Å². The number of methoxy groups -OCH3 is 2. The molecule has 2 nitrogen and oxygen atoms in total. The van der Waals surface area contributed by atoms with Crippen LogP contribution in [-0.4, -0.2) is 23.7 Å². The minimum absolute atomic E-state index is 0.0132. The molecule has 0 spiro atoms. The van der Waals surface area contributed by atoms with Crippen LogP contribution in [0, 0.1) is 0 Å². The molecule has 2 aromatic carbocycles. The van der Waals surface area contributed by atoms with E-state index >= 15 is 0 Å². The molecule has 0 radical (unpaired) electrons. The summed E-state index contributed by atoms with van der Waals surface area (Å²) in [6.45, 7) is 0. The van der Waals surface area contributed by atoms with Gasteiger partial charge in [-0.15, -0.1) is 0 Å². The van der Waals surface area contributed by atoms with Gasteiger partial charge in [0, 0.05) is 12.1 Å². The van der Waals surface area contributed by atoms with Gasteiger partial charge in [-0.25, -0.2) is 0 Å². The highest BCUT2D eigenvalue weighted by Crippen LogP contribution is 2.90. The van der Waals surface area contributed by atoms with Gasteiger partial charge >= 0.3 is 0 Å². The third kappa shape index (κ3) is 2.71. The molecule has 128 valence electrons. The van der Waals surface area contributed by atoms with E-state index in [4.69, 9.17) is 58.3 Å². The molecule has 0 aromatic heterocycles. The van der Waals surface area contributed by atoms with Gasteiger partial charge in [-0.3, -0.25) is 0 Å². The molecule has 0 unspecified atom stereocenters. The fraction of sp³-hybridized carbons (Fsp3) is 0.250. The summed E-state index contributed by atoms with van der Waals surface area (Å²) in [5.74, 6) is 1.64. The molecule has 1 saturated heterocycles. The number of thiol groups is 2. The van der Waals surface area contributed by atoms with Gasteiger partial charge in [0.2, 0.25) is 0 Å². The third-order valence-corrected chi connectivity index (χ3v) is 25.6. The molecule has 1 aliphatic heterocycles. The van der Waals surface area contributed by atoms with Crippen LogP contribution in [-0.2, 0) is 23.6 Å². The van der Waals surface area contributed by atoms with Crippen molar-refractivity contribution in [1.29, 1.82) is 0 Å². The van der Waals surface area contributed by atoms with Crippen molar-refractivity contribution < 1.29 is 9.47 Å². The Morgan fingerprint density at radius 3 is 1.25 bits per heavy atom. The first-order chi connectivity index (χ1) is 11.4. The Balaban J connectivity index is 1.97. The molecule has 1 heterocycles. The molecule has 24 heavy (non-hydrogen) atoms. The minimum atomic E-state index is -1.94. The van der Waals surface area contributed by atoms with Gasteiger partial charge in [-0.2, -0.15) is 25.3 Å². The van der Waals surface area contributed by atoms with E-state index in [1.807, 2.05) is 48.5 Å². The fourth-order valence-electron chi connectivity index (χ4n) is 2.84. The highest BCUT2D eigenvalue weighted by atomic mass is 32.5. The number of ether oxygens (including phenoxy) is 2. The topological polar surface area (TPSA) is 18.5 Å². The van der Waals surface area contributed by atoms with E-state index in [-0.39, 0.29) is 9.46 Å². The molecule has 3 rings (SSSR count). The highest BCUT2D eigenvalue weighted by Gasteiger charge is 2.58. The molecule has 8 heteroatoms. The Labute approximate surface area is 164 Å². The van der Waals surface area contributed by atoms with E-state index in [2.05, 4.69) is 0 Å². The van der Waals surface area contributed by atoms with E-state index in [0.29, 0.717) is 0 Å². The van der Waals surface area contributed by atoms with Crippen LogP contribution in [0.25, 0.3) is 0 Å². The monoisotopic (exact) mass is 432 g/mol. The zero-order valence-corrected chi connectivity index (χ0v) is 18.4. The summed E-state index contributed by atoms with van der Waals surface area (Å²) in [5.41, 5.74) is 0. The Hall–Kier alpha value is 0.0400. The second-order valence-electron chi connectivity index (χ2n) is 5.51. The Bertz CT molecular complexity index is 749. The highest BCUT2D eigenvalue weighted by molar-refractivity contribution is 8.48. The number of hydrogen-bond acceptors (Lipinski definition) is 6. The third-order valence-electron chi connectivity index (χ3n) is 4.32. The first kappa shape index (κ1) is 18.8. The van der Waals surface area contributed by atoms with Gasteiger partial charge in [0.1, 0.15) is 11.5 Å². The smallest absolute Gasteiger partial charge is 0.118 e. The second-order valence-corrected chi connectivity index (χ2v) is 18.5. The lowest BCUT2D eigenvalue weighted by atomic mass is 10.3. The Kier molecular flexibility index (Phi) is 5.47. The summed E-state index contributed by atoms with van der Waals surface area (Å²) in [7, 11) is 3.31. The van der Waals surface area contributed by atoms with Crippen LogP contribution < -0.4 is 20.1 Å². The van der Waals surface area contributed by atoms with Gasteiger partial charge in [-0.05, 0) is 59.1 Å². The van der Waals surface area contributed by atoms with Crippen molar-refractivity contribution in [1.82, 2.24) is 0 Å². The van der Waals surface area contributed by atoms with E-state index in [9.17, 15) is 0 Å². The van der Waals surface area contributed by atoms with Crippen LogP contribution in [0.2, 0.25) is 0 Å². The molecule has 0 N–H and O–H groups in total. The van der Waals surface area contributed by atoms with Crippen molar-refractivity contribution in [2.75, 3.05) is 14.2 Å². The Morgan fingerprint density at radius 2 is 1.00 bits per heavy atom. The maximum atomic E-state index is 6.07. The Morgan fingerprint density at radius 1 is 0.708 bits per heavy atom. The fourth-order valence-corrected chi connectivity index (χ4v) is 24.1. The van der Waals surface area contributed by atoms with E-state index in [0.717, 1.165) is 22.1 Å². The number of rotatable bonds is 4. The summed E-state index contributed by atoms with van der Waals surface area (Å²) in [6.07, 6.45) is 0. The van der Waals surface area contributed by atoms with Crippen molar-refractivity contribution in [2.45, 2.75) is 9.46 Å². The maximum absolute atomic E-state index is 6.07. The number of hydrogen-bond donors (Lipinski definition) is 2. The summed E-state index contributed by atoms with van der Waals surface area (Å²) in [6, 6.07) is 12.1. The molecule has 0 atom stereocenters. The predicted molar refractivity (Wildman–Crippen MR) is 119 cm³/mol. The van der Waals surface area contributed by atoms with E-state index in [1.165, 1.54) is 0 Å². The van der Waals surface area contributed by atoms with Gasteiger partial charge < -0.3 is 9.47 Å². The SMILES string of the molecule is COc1ccc(P2(=S)C(S)P(=S)(c3ccc(OC)cc3)C2S)cc1. The average molecular weight is 433 g/mol. The lowest BCUT2D eigenvalue weighted by molar-refractivity contribution is 0.415. The molecule has 2 aromatic rings. The lowest BCUT2D eigenvalue weighted by Crippen LogP contribution is -2.36. The second kappa shape index (κ2) is 6.98. The van der Waals surface area contributed by atoms with Gasteiger partial charge in [0.25, 0.3) is 0 Å². The largest absolute Gasteiger partial charge is 0.497 e. The van der Waals surface area contributed by atoms with Gasteiger partial charge in [0.05, 0.1) is 23.7 Å². The normalized spacial score (nSPS) is 32.0. The number of benzene rings is 2. The molecular formula is C16H18O2P2S4. The zero-order chi connectivity index (χ0) is 17.5. The lowest BCUT2D eigenvalue weighted by Gasteiger charge is -2.54.